The van der Waals surface area contributed by atoms with Gasteiger partial charge in [-0.3, -0.25) is 4.39 Å². The Morgan fingerprint density at radius 3 is 2.52 bits per heavy atom. The van der Waals surface area contributed by atoms with Crippen LogP contribution >= 0.6 is 0 Å². The molecule has 2 rings (SSSR count). The van der Waals surface area contributed by atoms with Gasteiger partial charge in [-0.05, 0) is 31.5 Å². The number of alkyl halides is 1. The Labute approximate surface area is 147 Å². The lowest BCUT2D eigenvalue weighted by molar-refractivity contribution is 0.0692. The van der Waals surface area contributed by atoms with Crippen molar-refractivity contribution >= 4 is 16.0 Å². The number of hydrogen-bond donors (Lipinski definition) is 1. The molecule has 0 unspecified atom stereocenters. The van der Waals surface area contributed by atoms with Crippen molar-refractivity contribution in [1.29, 1.82) is 0 Å². The second-order valence-corrected chi connectivity index (χ2v) is 7.62. The number of nitrogens with zero attached hydrogens (tertiary/aromatic N) is 2. The second kappa shape index (κ2) is 8.59. The molecule has 25 heavy (non-hydrogen) atoms. The fourth-order valence-corrected chi connectivity index (χ4v) is 4.19. The molecule has 0 bridgehead atoms. The van der Waals surface area contributed by atoms with Crippen LogP contribution in [0.1, 0.15) is 23.7 Å². The summed E-state index contributed by atoms with van der Waals surface area (Å²) in [5.74, 6) is -1.10. The maximum atomic E-state index is 12.8. The van der Waals surface area contributed by atoms with Gasteiger partial charge in [-0.1, -0.05) is 0 Å². The molecule has 1 fully saturated rings. The number of carboxylic acids is 1. The molecule has 1 aliphatic rings. The van der Waals surface area contributed by atoms with Crippen LogP contribution in [0.5, 0.6) is 5.75 Å². The van der Waals surface area contributed by atoms with Gasteiger partial charge in [0.25, 0.3) is 0 Å². The highest BCUT2D eigenvalue weighted by atomic mass is 32.2. The van der Waals surface area contributed by atoms with Crippen LogP contribution in [0.3, 0.4) is 0 Å². The first-order valence-corrected chi connectivity index (χ1v) is 9.62. The summed E-state index contributed by atoms with van der Waals surface area (Å²) in [7, 11) is -3.78. The van der Waals surface area contributed by atoms with Gasteiger partial charge in [-0.15, -0.1) is 0 Å². The number of carboxylic acid groups (broad SMARTS) is 1. The number of piperazine rings is 1. The van der Waals surface area contributed by atoms with Crippen molar-refractivity contribution in [1.82, 2.24) is 9.21 Å². The van der Waals surface area contributed by atoms with E-state index in [1.165, 1.54) is 16.4 Å². The number of ether oxygens (including phenoxy) is 1. The lowest BCUT2D eigenvalue weighted by atomic mass is 10.2. The number of benzene rings is 1. The molecule has 0 aromatic heterocycles. The van der Waals surface area contributed by atoms with Crippen LogP contribution in [0.4, 0.5) is 4.39 Å². The van der Waals surface area contributed by atoms with Crippen LogP contribution in [-0.4, -0.2) is 74.7 Å². The molecule has 0 atom stereocenters. The Bertz CT molecular complexity index is 702. The number of rotatable bonds is 8. The van der Waals surface area contributed by atoms with Gasteiger partial charge >= 0.3 is 5.97 Å². The van der Waals surface area contributed by atoms with E-state index in [2.05, 4.69) is 0 Å². The van der Waals surface area contributed by atoms with Gasteiger partial charge in [0.15, 0.2) is 0 Å². The van der Waals surface area contributed by atoms with E-state index in [4.69, 9.17) is 4.74 Å². The average molecular weight is 374 g/mol. The van der Waals surface area contributed by atoms with E-state index < -0.39 is 16.0 Å². The van der Waals surface area contributed by atoms with Crippen LogP contribution < -0.4 is 4.74 Å². The van der Waals surface area contributed by atoms with Crippen molar-refractivity contribution in [2.45, 2.75) is 18.2 Å². The molecule has 0 aliphatic carbocycles. The fraction of sp³-hybridized carbons (Fsp3) is 0.562. The fourth-order valence-electron chi connectivity index (χ4n) is 2.74. The highest BCUT2D eigenvalue weighted by molar-refractivity contribution is 7.89. The number of halogens is 1. The van der Waals surface area contributed by atoms with Crippen molar-refractivity contribution < 1.29 is 27.4 Å². The molecule has 1 aromatic rings. The monoisotopic (exact) mass is 374 g/mol. The zero-order valence-corrected chi connectivity index (χ0v) is 15.0. The largest absolute Gasteiger partial charge is 0.493 e. The summed E-state index contributed by atoms with van der Waals surface area (Å²) in [6.45, 7) is 3.88. The third kappa shape index (κ3) is 4.68. The molecule has 0 saturated carbocycles. The van der Waals surface area contributed by atoms with Crippen LogP contribution in [-0.2, 0) is 10.0 Å². The Balaban J connectivity index is 2.17. The molecule has 1 saturated heterocycles. The van der Waals surface area contributed by atoms with Gasteiger partial charge in [0.1, 0.15) is 11.3 Å². The summed E-state index contributed by atoms with van der Waals surface area (Å²) in [5.41, 5.74) is -0.176. The normalized spacial score (nSPS) is 16.7. The summed E-state index contributed by atoms with van der Waals surface area (Å²) in [6.07, 6.45) is 0.438. The van der Waals surface area contributed by atoms with E-state index >= 15 is 0 Å². The number of aromatic carboxylic acids is 1. The Hall–Kier alpha value is -1.71. The zero-order valence-electron chi connectivity index (χ0n) is 14.1. The molecule has 0 amide bonds. The Morgan fingerprint density at radius 1 is 1.28 bits per heavy atom. The van der Waals surface area contributed by atoms with Crippen molar-refractivity contribution in [3.8, 4) is 5.75 Å². The molecule has 0 radical (unpaired) electrons. The molecule has 7 nitrogen and oxygen atoms in total. The standard InChI is InChI=1S/C16H23FN2O5S/c1-2-24-15-5-4-13(12-14(15)16(20)21)25(22,23)19-10-8-18(9-11-19)7-3-6-17/h4-5,12H,2-3,6-11H2,1H3,(H,20,21). The van der Waals surface area contributed by atoms with Gasteiger partial charge < -0.3 is 14.7 Å². The summed E-state index contributed by atoms with van der Waals surface area (Å²) >= 11 is 0. The van der Waals surface area contributed by atoms with Gasteiger partial charge in [0.05, 0.1) is 18.2 Å². The van der Waals surface area contributed by atoms with Gasteiger partial charge in [-0.25, -0.2) is 13.2 Å². The van der Waals surface area contributed by atoms with E-state index in [1.54, 1.807) is 6.92 Å². The summed E-state index contributed by atoms with van der Waals surface area (Å²) in [6, 6.07) is 3.87. The first-order chi connectivity index (χ1) is 11.9. The first kappa shape index (κ1) is 19.6. The van der Waals surface area contributed by atoms with Crippen molar-refractivity contribution in [2.75, 3.05) is 46.0 Å². The highest BCUT2D eigenvalue weighted by Crippen LogP contribution is 2.25. The molecule has 1 aromatic carbocycles. The molecule has 1 aliphatic heterocycles. The summed E-state index contributed by atoms with van der Waals surface area (Å²) in [5, 5.41) is 9.28. The Kier molecular flexibility index (Phi) is 6.74. The van der Waals surface area contributed by atoms with E-state index in [-0.39, 0.29) is 29.5 Å². The molecule has 1 N–H and O–H groups in total. The first-order valence-electron chi connectivity index (χ1n) is 8.18. The average Bonchev–Trinajstić information content (AvgIpc) is 2.60. The lowest BCUT2D eigenvalue weighted by Gasteiger charge is -2.33. The number of carbonyl (C=O) groups is 1. The van der Waals surface area contributed by atoms with E-state index in [0.29, 0.717) is 39.1 Å². The predicted octanol–water partition coefficient (Wildman–Crippen LogP) is 1.45. The van der Waals surface area contributed by atoms with Crippen molar-refractivity contribution in [2.24, 2.45) is 0 Å². The highest BCUT2D eigenvalue weighted by Gasteiger charge is 2.29. The maximum Gasteiger partial charge on any atom is 0.339 e. The second-order valence-electron chi connectivity index (χ2n) is 5.68. The molecule has 1 heterocycles. The smallest absolute Gasteiger partial charge is 0.339 e. The lowest BCUT2D eigenvalue weighted by Crippen LogP contribution is -2.48. The molecular formula is C16H23FN2O5S. The number of sulfonamides is 1. The maximum absolute atomic E-state index is 12.8. The van der Waals surface area contributed by atoms with Crippen LogP contribution in [0.15, 0.2) is 23.1 Å². The predicted molar refractivity (Wildman–Crippen MR) is 90.4 cm³/mol. The minimum absolute atomic E-state index is 0.0643. The molecule has 140 valence electrons. The molecular weight excluding hydrogens is 351 g/mol. The topological polar surface area (TPSA) is 87.2 Å². The molecule has 0 spiro atoms. The van der Waals surface area contributed by atoms with Crippen molar-refractivity contribution in [3.05, 3.63) is 23.8 Å². The Morgan fingerprint density at radius 2 is 1.96 bits per heavy atom. The third-order valence-electron chi connectivity index (χ3n) is 4.06. The zero-order chi connectivity index (χ0) is 18.4. The van der Waals surface area contributed by atoms with Gasteiger partial charge in [-0.2, -0.15) is 4.31 Å². The van der Waals surface area contributed by atoms with Crippen LogP contribution in [0.2, 0.25) is 0 Å². The minimum atomic E-state index is -3.78. The van der Waals surface area contributed by atoms with Crippen LogP contribution in [0.25, 0.3) is 0 Å². The number of hydrogen-bond acceptors (Lipinski definition) is 5. The van der Waals surface area contributed by atoms with Gasteiger partial charge in [0, 0.05) is 32.7 Å². The van der Waals surface area contributed by atoms with E-state index in [9.17, 15) is 22.7 Å². The molecule has 9 heteroatoms. The minimum Gasteiger partial charge on any atom is -0.493 e. The quantitative estimate of drug-likeness (QED) is 0.741. The summed E-state index contributed by atoms with van der Waals surface area (Å²) in [4.78, 5) is 13.3. The van der Waals surface area contributed by atoms with Crippen molar-refractivity contribution in [3.63, 3.8) is 0 Å². The van der Waals surface area contributed by atoms with Gasteiger partial charge in [0.2, 0.25) is 10.0 Å². The third-order valence-corrected chi connectivity index (χ3v) is 5.95. The van der Waals surface area contributed by atoms with Crippen LogP contribution in [0, 0.1) is 0 Å². The van der Waals surface area contributed by atoms with E-state index in [1.807, 2.05) is 4.90 Å². The SMILES string of the molecule is CCOc1ccc(S(=O)(=O)N2CCN(CCCF)CC2)cc1C(=O)O. The van der Waals surface area contributed by atoms with E-state index in [0.717, 1.165) is 6.07 Å². The summed E-state index contributed by atoms with van der Waals surface area (Å²) < 4.78 is 44.3.